The van der Waals surface area contributed by atoms with Gasteiger partial charge in [-0.2, -0.15) is 4.98 Å². The van der Waals surface area contributed by atoms with Gasteiger partial charge in [0.2, 0.25) is 0 Å². The number of aromatic nitrogens is 2. The van der Waals surface area contributed by atoms with Crippen LogP contribution >= 0.6 is 0 Å². The molecule has 0 aromatic carbocycles. The number of hydrogen-bond acceptors (Lipinski definition) is 4. The Morgan fingerprint density at radius 1 is 1.38 bits per heavy atom. The van der Waals surface area contributed by atoms with Crippen LogP contribution in [-0.2, 0) is 6.42 Å². The van der Waals surface area contributed by atoms with Crippen LogP contribution < -0.4 is 0 Å². The van der Waals surface area contributed by atoms with Crippen molar-refractivity contribution in [3.63, 3.8) is 0 Å². The summed E-state index contributed by atoms with van der Waals surface area (Å²) in [6, 6.07) is 0. The third-order valence-corrected chi connectivity index (χ3v) is 1.79. The minimum absolute atomic E-state index is 0.304. The van der Waals surface area contributed by atoms with E-state index in [1.807, 2.05) is 0 Å². The second-order valence-electron chi connectivity index (χ2n) is 3.66. The van der Waals surface area contributed by atoms with Crippen LogP contribution in [0.25, 0.3) is 0 Å². The molecule has 1 aromatic rings. The van der Waals surface area contributed by atoms with Gasteiger partial charge >= 0.3 is 0 Å². The van der Waals surface area contributed by atoms with Gasteiger partial charge in [0.25, 0.3) is 5.89 Å². The van der Waals surface area contributed by atoms with Gasteiger partial charge < -0.3 is 9.63 Å². The Balaban J connectivity index is 2.49. The molecule has 74 valence electrons. The van der Waals surface area contributed by atoms with Crippen molar-refractivity contribution in [1.82, 2.24) is 10.1 Å². The first kappa shape index (κ1) is 10.2. The lowest BCUT2D eigenvalue weighted by molar-refractivity contribution is 0.151. The lowest BCUT2D eigenvalue weighted by Gasteiger charge is -1.98. The smallest absolute Gasteiger partial charge is 0.255 e. The van der Waals surface area contributed by atoms with Crippen molar-refractivity contribution >= 4 is 0 Å². The Morgan fingerprint density at radius 3 is 2.54 bits per heavy atom. The SMILES string of the molecule is CC(C)CCc1noc(C(C)O)n1. The van der Waals surface area contributed by atoms with Gasteiger partial charge in [0.1, 0.15) is 6.10 Å². The average Bonchev–Trinajstić information content (AvgIpc) is 2.48. The molecule has 0 aliphatic carbocycles. The maximum Gasteiger partial charge on any atom is 0.255 e. The molecule has 13 heavy (non-hydrogen) atoms. The maximum atomic E-state index is 9.12. The molecule has 4 nitrogen and oxygen atoms in total. The molecule has 0 amide bonds. The van der Waals surface area contributed by atoms with Crippen molar-refractivity contribution < 1.29 is 9.63 Å². The van der Waals surface area contributed by atoms with Gasteiger partial charge in [0, 0.05) is 6.42 Å². The summed E-state index contributed by atoms with van der Waals surface area (Å²) in [4.78, 5) is 4.05. The third-order valence-electron chi connectivity index (χ3n) is 1.79. The molecule has 0 saturated carbocycles. The maximum absolute atomic E-state index is 9.12. The molecule has 1 N–H and O–H groups in total. The van der Waals surface area contributed by atoms with E-state index in [0.717, 1.165) is 12.8 Å². The van der Waals surface area contributed by atoms with Crippen LogP contribution in [0.1, 0.15) is 45.0 Å². The van der Waals surface area contributed by atoms with Crippen LogP contribution in [0, 0.1) is 5.92 Å². The first-order valence-electron chi connectivity index (χ1n) is 4.60. The number of aliphatic hydroxyl groups is 1. The fraction of sp³-hybridized carbons (Fsp3) is 0.778. The molecule has 1 atom stereocenters. The van der Waals surface area contributed by atoms with Crippen LogP contribution in [0.3, 0.4) is 0 Å². The van der Waals surface area contributed by atoms with Crippen molar-refractivity contribution in [2.75, 3.05) is 0 Å². The van der Waals surface area contributed by atoms with Gasteiger partial charge in [-0.15, -0.1) is 0 Å². The predicted octanol–water partition coefficient (Wildman–Crippen LogP) is 1.71. The van der Waals surface area contributed by atoms with Gasteiger partial charge in [-0.05, 0) is 19.3 Å². The summed E-state index contributed by atoms with van der Waals surface area (Å²) >= 11 is 0. The van der Waals surface area contributed by atoms with Crippen molar-refractivity contribution in [3.8, 4) is 0 Å². The lowest BCUT2D eigenvalue weighted by Crippen LogP contribution is -1.95. The molecule has 1 aromatic heterocycles. The van der Waals surface area contributed by atoms with Gasteiger partial charge in [0.05, 0.1) is 0 Å². The van der Waals surface area contributed by atoms with E-state index < -0.39 is 6.10 Å². The molecular formula is C9H16N2O2. The molecule has 0 saturated heterocycles. The molecule has 1 rings (SSSR count). The zero-order valence-corrected chi connectivity index (χ0v) is 8.32. The monoisotopic (exact) mass is 184 g/mol. The molecule has 0 bridgehead atoms. The Morgan fingerprint density at radius 2 is 2.08 bits per heavy atom. The van der Waals surface area contributed by atoms with Crippen molar-refractivity contribution in [1.29, 1.82) is 0 Å². The first-order chi connectivity index (χ1) is 6.09. The third kappa shape index (κ3) is 3.14. The van der Waals surface area contributed by atoms with Gasteiger partial charge in [-0.1, -0.05) is 19.0 Å². The normalized spacial score (nSPS) is 13.6. The topological polar surface area (TPSA) is 59.2 Å². The number of aliphatic hydroxyl groups excluding tert-OH is 1. The summed E-state index contributed by atoms with van der Waals surface area (Å²) < 4.78 is 4.85. The molecule has 0 aliphatic heterocycles. The second kappa shape index (κ2) is 4.37. The highest BCUT2D eigenvalue weighted by Gasteiger charge is 2.10. The summed E-state index contributed by atoms with van der Waals surface area (Å²) in [5.74, 6) is 1.62. The van der Waals surface area contributed by atoms with Gasteiger partial charge in [0.15, 0.2) is 5.82 Å². The van der Waals surface area contributed by atoms with Crippen molar-refractivity contribution in [3.05, 3.63) is 11.7 Å². The van der Waals surface area contributed by atoms with Crippen LogP contribution in [0.2, 0.25) is 0 Å². The summed E-state index contributed by atoms with van der Waals surface area (Å²) in [7, 11) is 0. The Kier molecular flexibility index (Phi) is 3.42. The van der Waals surface area contributed by atoms with E-state index in [0.29, 0.717) is 17.6 Å². The highest BCUT2D eigenvalue weighted by molar-refractivity contribution is 4.88. The second-order valence-corrected chi connectivity index (χ2v) is 3.66. The highest BCUT2D eigenvalue weighted by Crippen LogP contribution is 2.11. The summed E-state index contributed by atoms with van der Waals surface area (Å²) in [6.07, 6.45) is 1.19. The van der Waals surface area contributed by atoms with Crippen molar-refractivity contribution in [2.45, 2.75) is 39.7 Å². The molecule has 0 spiro atoms. The minimum Gasteiger partial charge on any atom is -0.384 e. The van der Waals surface area contributed by atoms with E-state index in [9.17, 15) is 0 Å². The first-order valence-corrected chi connectivity index (χ1v) is 4.60. The van der Waals surface area contributed by atoms with E-state index in [1.54, 1.807) is 6.92 Å². The summed E-state index contributed by atoms with van der Waals surface area (Å²) in [5.41, 5.74) is 0. The van der Waals surface area contributed by atoms with E-state index in [1.165, 1.54) is 0 Å². The van der Waals surface area contributed by atoms with Crippen LogP contribution in [0.15, 0.2) is 4.52 Å². The Labute approximate surface area is 78.0 Å². The van der Waals surface area contributed by atoms with Crippen LogP contribution in [0.5, 0.6) is 0 Å². The van der Waals surface area contributed by atoms with Gasteiger partial charge in [-0.25, -0.2) is 0 Å². The molecule has 0 radical (unpaired) electrons. The van der Waals surface area contributed by atoms with Crippen LogP contribution in [-0.4, -0.2) is 15.2 Å². The predicted molar refractivity (Wildman–Crippen MR) is 48.1 cm³/mol. The van der Waals surface area contributed by atoms with E-state index in [2.05, 4.69) is 24.0 Å². The molecule has 4 heteroatoms. The molecule has 1 unspecified atom stereocenters. The largest absolute Gasteiger partial charge is 0.384 e. The minimum atomic E-state index is -0.666. The zero-order chi connectivity index (χ0) is 9.84. The fourth-order valence-corrected chi connectivity index (χ4v) is 0.956. The molecule has 0 fully saturated rings. The number of aryl methyl sites for hydroxylation is 1. The van der Waals surface area contributed by atoms with Crippen LogP contribution in [0.4, 0.5) is 0 Å². The van der Waals surface area contributed by atoms with E-state index >= 15 is 0 Å². The fourth-order valence-electron chi connectivity index (χ4n) is 0.956. The quantitative estimate of drug-likeness (QED) is 0.773. The molecule has 1 heterocycles. The standard InChI is InChI=1S/C9H16N2O2/c1-6(2)4-5-8-10-9(7(3)12)13-11-8/h6-7,12H,4-5H2,1-3H3. The Bertz CT molecular complexity index is 256. The lowest BCUT2D eigenvalue weighted by atomic mass is 10.1. The number of rotatable bonds is 4. The summed E-state index contributed by atoms with van der Waals surface area (Å²) in [6.45, 7) is 5.91. The number of nitrogens with zero attached hydrogens (tertiary/aromatic N) is 2. The molecule has 0 aliphatic rings. The Hall–Kier alpha value is -0.900. The van der Waals surface area contributed by atoms with Gasteiger partial charge in [-0.3, -0.25) is 0 Å². The molecular weight excluding hydrogens is 168 g/mol. The van der Waals surface area contributed by atoms with Crippen molar-refractivity contribution in [2.24, 2.45) is 5.92 Å². The average molecular weight is 184 g/mol. The highest BCUT2D eigenvalue weighted by atomic mass is 16.5. The number of hydrogen-bond donors (Lipinski definition) is 1. The van der Waals surface area contributed by atoms with E-state index in [-0.39, 0.29) is 0 Å². The summed E-state index contributed by atoms with van der Waals surface area (Å²) in [5, 5.41) is 12.9. The van der Waals surface area contributed by atoms with E-state index in [4.69, 9.17) is 9.63 Å². The zero-order valence-electron chi connectivity index (χ0n) is 8.32.